The maximum absolute atomic E-state index is 12.5. The van der Waals surface area contributed by atoms with Crippen molar-refractivity contribution < 1.29 is 14.4 Å². The predicted octanol–water partition coefficient (Wildman–Crippen LogP) is -0.444. The summed E-state index contributed by atoms with van der Waals surface area (Å²) in [4.78, 5) is 51.7. The number of fused-ring (bicyclic) bond motifs is 1. The summed E-state index contributed by atoms with van der Waals surface area (Å²) in [5.74, 6) is -1.02. The van der Waals surface area contributed by atoms with Crippen LogP contribution in [0, 0.1) is 11.8 Å². The first-order valence-corrected chi connectivity index (χ1v) is 8.33. The van der Waals surface area contributed by atoms with Crippen molar-refractivity contribution in [1.82, 2.24) is 19.6 Å². The molecule has 8 nitrogen and oxygen atoms in total. The van der Waals surface area contributed by atoms with Crippen molar-refractivity contribution in [2.45, 2.75) is 18.9 Å². The fourth-order valence-corrected chi connectivity index (χ4v) is 3.75. The zero-order valence-corrected chi connectivity index (χ0v) is 13.8. The van der Waals surface area contributed by atoms with Crippen molar-refractivity contribution in [2.24, 2.45) is 18.9 Å². The third kappa shape index (κ3) is 2.40. The normalized spacial score (nSPS) is 26.0. The summed E-state index contributed by atoms with van der Waals surface area (Å²) in [6, 6.07) is 2.43. The summed E-state index contributed by atoms with van der Waals surface area (Å²) in [7, 11) is 1.48. The van der Waals surface area contributed by atoms with E-state index in [2.05, 4.69) is 5.10 Å². The second-order valence-corrected chi connectivity index (χ2v) is 6.75. The second-order valence-electron chi connectivity index (χ2n) is 6.75. The van der Waals surface area contributed by atoms with Crippen LogP contribution in [0.5, 0.6) is 0 Å². The van der Waals surface area contributed by atoms with E-state index in [1.807, 2.05) is 12.2 Å². The van der Waals surface area contributed by atoms with Crippen LogP contribution in [-0.2, 0) is 16.6 Å². The number of aromatic nitrogens is 2. The Bertz CT molecular complexity index is 826. The Morgan fingerprint density at radius 1 is 1.04 bits per heavy atom. The van der Waals surface area contributed by atoms with Crippen LogP contribution in [0.3, 0.4) is 0 Å². The molecule has 8 heteroatoms. The summed E-state index contributed by atoms with van der Waals surface area (Å²) in [5.41, 5.74) is -0.111. The SMILES string of the molecule is Cn1nc(C(=O)N2CC(N3C(=O)[C@H]4CC=CC[C@@H]4C3=O)C2)ccc1=O. The van der Waals surface area contributed by atoms with Gasteiger partial charge < -0.3 is 4.90 Å². The summed E-state index contributed by atoms with van der Waals surface area (Å²) in [6.45, 7) is 0.626. The molecule has 0 unspecified atom stereocenters. The highest BCUT2D eigenvalue weighted by Gasteiger charge is 2.52. The van der Waals surface area contributed by atoms with Gasteiger partial charge in [-0.3, -0.25) is 24.1 Å². The molecule has 0 saturated carbocycles. The molecule has 0 radical (unpaired) electrons. The van der Waals surface area contributed by atoms with Gasteiger partial charge in [0.25, 0.3) is 11.5 Å². The van der Waals surface area contributed by atoms with Crippen molar-refractivity contribution >= 4 is 17.7 Å². The molecule has 25 heavy (non-hydrogen) atoms. The first kappa shape index (κ1) is 15.7. The Balaban J connectivity index is 1.44. The fraction of sp³-hybridized carbons (Fsp3) is 0.471. The van der Waals surface area contributed by atoms with E-state index in [4.69, 9.17) is 0 Å². The number of hydrogen-bond acceptors (Lipinski definition) is 5. The highest BCUT2D eigenvalue weighted by Crippen LogP contribution is 2.37. The van der Waals surface area contributed by atoms with Crippen molar-refractivity contribution in [3.05, 3.63) is 40.3 Å². The van der Waals surface area contributed by atoms with E-state index in [-0.39, 0.29) is 46.9 Å². The second kappa shape index (κ2) is 5.65. The quantitative estimate of drug-likeness (QED) is 0.536. The minimum atomic E-state index is -0.301. The van der Waals surface area contributed by atoms with Crippen LogP contribution in [0.2, 0.25) is 0 Å². The van der Waals surface area contributed by atoms with Gasteiger partial charge in [-0.15, -0.1) is 0 Å². The molecule has 0 aromatic carbocycles. The van der Waals surface area contributed by atoms with Gasteiger partial charge in [-0.1, -0.05) is 12.2 Å². The maximum Gasteiger partial charge on any atom is 0.274 e. The summed E-state index contributed by atoms with van der Waals surface area (Å²) < 4.78 is 1.11. The smallest absolute Gasteiger partial charge is 0.274 e. The lowest BCUT2D eigenvalue weighted by atomic mass is 9.85. The van der Waals surface area contributed by atoms with Gasteiger partial charge in [-0.2, -0.15) is 5.10 Å². The highest BCUT2D eigenvalue weighted by atomic mass is 16.2. The lowest BCUT2D eigenvalue weighted by molar-refractivity contribution is -0.145. The van der Waals surface area contributed by atoms with Gasteiger partial charge in [0.15, 0.2) is 0 Å². The highest BCUT2D eigenvalue weighted by molar-refractivity contribution is 6.06. The molecule has 2 atom stereocenters. The average molecular weight is 342 g/mol. The van der Waals surface area contributed by atoms with Crippen LogP contribution in [0.4, 0.5) is 0 Å². The van der Waals surface area contributed by atoms with E-state index >= 15 is 0 Å². The molecule has 3 aliphatic rings. The molecule has 2 fully saturated rings. The number of aryl methyl sites for hydroxylation is 1. The van der Waals surface area contributed by atoms with Gasteiger partial charge in [-0.25, -0.2) is 4.68 Å². The lowest BCUT2D eigenvalue weighted by Gasteiger charge is -2.42. The van der Waals surface area contributed by atoms with Crippen molar-refractivity contribution in [2.75, 3.05) is 13.1 Å². The van der Waals surface area contributed by atoms with Gasteiger partial charge in [0.2, 0.25) is 11.8 Å². The summed E-state index contributed by atoms with van der Waals surface area (Å²) in [6.07, 6.45) is 5.14. The van der Waals surface area contributed by atoms with Crippen LogP contribution in [0.1, 0.15) is 23.3 Å². The molecule has 0 bridgehead atoms. The topological polar surface area (TPSA) is 92.6 Å². The molecule has 130 valence electrons. The van der Waals surface area contributed by atoms with Gasteiger partial charge >= 0.3 is 0 Å². The molecule has 1 aromatic heterocycles. The van der Waals surface area contributed by atoms with E-state index in [0.717, 1.165) is 4.68 Å². The number of carbonyl (C=O) groups is 3. The third-order valence-electron chi connectivity index (χ3n) is 5.24. The predicted molar refractivity (Wildman–Crippen MR) is 86.4 cm³/mol. The molecule has 1 aromatic rings. The van der Waals surface area contributed by atoms with Crippen molar-refractivity contribution in [3.63, 3.8) is 0 Å². The number of rotatable bonds is 2. The van der Waals surface area contributed by atoms with Crippen LogP contribution in [0.15, 0.2) is 29.1 Å². The third-order valence-corrected chi connectivity index (χ3v) is 5.24. The average Bonchev–Trinajstić information content (AvgIpc) is 2.81. The Kier molecular flexibility index (Phi) is 3.55. The van der Waals surface area contributed by atoms with E-state index < -0.39 is 0 Å². The van der Waals surface area contributed by atoms with Gasteiger partial charge in [-0.05, 0) is 18.9 Å². The van der Waals surface area contributed by atoms with E-state index in [0.29, 0.717) is 25.9 Å². The Hall–Kier alpha value is -2.77. The number of amides is 3. The first-order chi connectivity index (χ1) is 12.0. The number of hydrogen-bond donors (Lipinski definition) is 0. The molecule has 0 spiro atoms. The largest absolute Gasteiger partial charge is 0.333 e. The van der Waals surface area contributed by atoms with Crippen molar-refractivity contribution in [3.8, 4) is 0 Å². The van der Waals surface area contributed by atoms with Gasteiger partial charge in [0.1, 0.15) is 5.69 Å². The molecule has 3 amide bonds. The molecule has 3 heterocycles. The first-order valence-electron chi connectivity index (χ1n) is 8.33. The summed E-state index contributed by atoms with van der Waals surface area (Å²) in [5, 5.41) is 3.94. The van der Waals surface area contributed by atoms with Crippen LogP contribution in [-0.4, -0.2) is 56.4 Å². The zero-order chi connectivity index (χ0) is 17.7. The summed E-state index contributed by atoms with van der Waals surface area (Å²) >= 11 is 0. The number of likely N-dealkylation sites (tertiary alicyclic amines) is 2. The number of imide groups is 1. The molecular formula is C17H18N4O4. The Morgan fingerprint density at radius 3 is 2.20 bits per heavy atom. The molecule has 4 rings (SSSR count). The van der Waals surface area contributed by atoms with E-state index in [1.54, 1.807) is 0 Å². The minimum Gasteiger partial charge on any atom is -0.333 e. The Morgan fingerprint density at radius 2 is 1.64 bits per heavy atom. The molecule has 2 aliphatic heterocycles. The maximum atomic E-state index is 12.5. The monoisotopic (exact) mass is 342 g/mol. The molecular weight excluding hydrogens is 324 g/mol. The standard InChI is InChI=1S/C17H18N4O4/c1-19-14(22)7-6-13(18-19)17(25)20-8-10(9-20)21-15(23)11-4-2-3-5-12(11)16(21)24/h2-3,6-7,10-12H,4-5,8-9H2,1H3/t11-,12-/m0/s1. The Labute approximate surface area is 143 Å². The van der Waals surface area contributed by atoms with Gasteiger partial charge in [0, 0.05) is 26.2 Å². The van der Waals surface area contributed by atoms with Crippen LogP contribution < -0.4 is 5.56 Å². The number of nitrogens with zero attached hydrogens (tertiary/aromatic N) is 4. The number of carbonyl (C=O) groups excluding carboxylic acids is 3. The van der Waals surface area contributed by atoms with E-state index in [9.17, 15) is 19.2 Å². The lowest BCUT2D eigenvalue weighted by Crippen LogP contribution is -2.62. The zero-order valence-electron chi connectivity index (χ0n) is 13.8. The molecule has 0 N–H and O–H groups in total. The minimum absolute atomic E-state index is 0.114. The van der Waals surface area contributed by atoms with E-state index in [1.165, 1.54) is 29.0 Å². The number of allylic oxidation sites excluding steroid dienone is 2. The molecule has 2 saturated heterocycles. The van der Waals surface area contributed by atoms with Crippen molar-refractivity contribution in [1.29, 1.82) is 0 Å². The van der Waals surface area contributed by atoms with Crippen LogP contribution in [0.25, 0.3) is 0 Å². The van der Waals surface area contributed by atoms with Gasteiger partial charge in [0.05, 0.1) is 17.9 Å². The molecule has 1 aliphatic carbocycles. The fourth-order valence-electron chi connectivity index (χ4n) is 3.75. The van der Waals surface area contributed by atoms with Crippen LogP contribution >= 0.6 is 0 Å².